The Balaban J connectivity index is 3.01. The molecule has 0 fully saturated rings. The molecule has 132 valence electrons. The first kappa shape index (κ1) is 20.2. The molecular formula is C17H26O5Si2. The molecule has 24 heavy (non-hydrogen) atoms. The first-order valence-electron chi connectivity index (χ1n) is 7.78. The van der Waals surface area contributed by atoms with Crippen molar-refractivity contribution in [3.63, 3.8) is 0 Å². The fourth-order valence-corrected chi connectivity index (χ4v) is 3.28. The Kier molecular flexibility index (Phi) is 6.56. The third kappa shape index (κ3) is 8.12. The van der Waals surface area contributed by atoms with Crippen LogP contribution < -0.4 is 9.16 Å². The molecule has 7 heteroatoms. The topological polar surface area (TPSA) is 61.8 Å². The normalized spacial score (nSPS) is 12.1. The van der Waals surface area contributed by atoms with Gasteiger partial charge in [-0.05, 0) is 63.1 Å². The van der Waals surface area contributed by atoms with Crippen molar-refractivity contribution in [2.24, 2.45) is 0 Å². The highest BCUT2D eigenvalue weighted by Crippen LogP contribution is 2.31. The Hall–Kier alpha value is -1.87. The minimum absolute atomic E-state index is 0.352. The summed E-state index contributed by atoms with van der Waals surface area (Å²) in [5, 5.41) is 0. The zero-order valence-corrected chi connectivity index (χ0v) is 17.4. The van der Waals surface area contributed by atoms with Crippen molar-refractivity contribution >= 4 is 34.6 Å². The number of hydrogen-bond acceptors (Lipinski definition) is 5. The number of benzene rings is 1. The van der Waals surface area contributed by atoms with Gasteiger partial charge in [-0.3, -0.25) is 4.79 Å². The Bertz CT molecular complexity index is 639. The molecule has 0 saturated carbocycles. The van der Waals surface area contributed by atoms with E-state index in [2.05, 4.69) is 0 Å². The molecule has 0 spiro atoms. The molecule has 0 unspecified atom stereocenters. The standard InChI is InChI=1S/C17H26O5Si2/c1-13(18)20-16-12-14(8-10-15(16)21-23(2,3)4)9-11-17(19)22-24(5,6)7/h8-12H,1-7H3/b11-9+. The molecule has 0 atom stereocenters. The molecule has 0 aliphatic carbocycles. The molecule has 0 heterocycles. The summed E-state index contributed by atoms with van der Waals surface area (Å²) >= 11 is 0. The van der Waals surface area contributed by atoms with E-state index in [-0.39, 0.29) is 5.97 Å². The summed E-state index contributed by atoms with van der Waals surface area (Å²) in [6, 6.07) is 5.23. The summed E-state index contributed by atoms with van der Waals surface area (Å²) in [6.07, 6.45) is 3.01. The fraction of sp³-hybridized carbons (Fsp3) is 0.412. The molecule has 0 aliphatic heterocycles. The largest absolute Gasteiger partial charge is 0.542 e. The predicted molar refractivity (Wildman–Crippen MR) is 100 cm³/mol. The van der Waals surface area contributed by atoms with E-state index in [9.17, 15) is 9.59 Å². The van der Waals surface area contributed by atoms with E-state index in [1.807, 2.05) is 39.3 Å². The van der Waals surface area contributed by atoms with Crippen molar-refractivity contribution in [3.05, 3.63) is 29.8 Å². The Morgan fingerprint density at radius 3 is 2.08 bits per heavy atom. The minimum atomic E-state index is -1.91. The number of ether oxygens (including phenoxy) is 1. The van der Waals surface area contributed by atoms with Crippen LogP contribution in [0.5, 0.6) is 11.5 Å². The fourth-order valence-electron chi connectivity index (χ4n) is 1.78. The second-order valence-electron chi connectivity index (χ2n) is 7.38. The molecule has 0 aliphatic rings. The van der Waals surface area contributed by atoms with E-state index in [0.29, 0.717) is 11.5 Å². The number of carbonyl (C=O) groups excluding carboxylic acids is 2. The molecule has 1 aromatic rings. The minimum Gasteiger partial charge on any atom is -0.542 e. The van der Waals surface area contributed by atoms with Gasteiger partial charge in [-0.15, -0.1) is 0 Å². The summed E-state index contributed by atoms with van der Waals surface area (Å²) in [5.74, 6) is 0.0946. The van der Waals surface area contributed by atoms with E-state index in [0.717, 1.165) is 5.56 Å². The second-order valence-corrected chi connectivity index (χ2v) is 16.2. The SMILES string of the molecule is CC(=O)Oc1cc(/C=C/C(=O)O[Si](C)(C)C)ccc1O[Si](C)(C)C. The quantitative estimate of drug-likeness (QED) is 0.326. The number of esters is 1. The number of hydrogen-bond donors (Lipinski definition) is 0. The van der Waals surface area contributed by atoms with Gasteiger partial charge in [0.25, 0.3) is 0 Å². The van der Waals surface area contributed by atoms with Crippen LogP contribution in [0.4, 0.5) is 0 Å². The average molecular weight is 367 g/mol. The predicted octanol–water partition coefficient (Wildman–Crippen LogP) is 4.22. The molecular weight excluding hydrogens is 340 g/mol. The molecule has 1 aromatic carbocycles. The van der Waals surface area contributed by atoms with Crippen LogP contribution in [0.2, 0.25) is 39.3 Å². The van der Waals surface area contributed by atoms with E-state index in [1.165, 1.54) is 13.0 Å². The lowest BCUT2D eigenvalue weighted by Crippen LogP contribution is -2.29. The van der Waals surface area contributed by atoms with Crippen molar-refractivity contribution in [2.75, 3.05) is 0 Å². The maximum atomic E-state index is 11.8. The first-order valence-corrected chi connectivity index (χ1v) is 14.6. The number of rotatable bonds is 6. The molecule has 0 aromatic heterocycles. The zero-order chi connectivity index (χ0) is 18.5. The van der Waals surface area contributed by atoms with Gasteiger partial charge in [0.2, 0.25) is 16.6 Å². The van der Waals surface area contributed by atoms with Gasteiger partial charge < -0.3 is 13.6 Å². The van der Waals surface area contributed by atoms with Crippen molar-refractivity contribution < 1.29 is 23.2 Å². The van der Waals surface area contributed by atoms with Crippen LogP contribution in [0.15, 0.2) is 24.3 Å². The van der Waals surface area contributed by atoms with E-state index in [4.69, 9.17) is 13.6 Å². The molecule has 0 bridgehead atoms. The van der Waals surface area contributed by atoms with Crippen molar-refractivity contribution in [3.8, 4) is 11.5 Å². The highest BCUT2D eigenvalue weighted by Gasteiger charge is 2.20. The van der Waals surface area contributed by atoms with Crippen LogP contribution in [-0.2, 0) is 14.0 Å². The third-order valence-electron chi connectivity index (χ3n) is 2.46. The van der Waals surface area contributed by atoms with Gasteiger partial charge in [-0.25, -0.2) is 4.79 Å². The summed E-state index contributed by atoms with van der Waals surface area (Å²) in [4.78, 5) is 23.1. The van der Waals surface area contributed by atoms with E-state index in [1.54, 1.807) is 24.3 Å². The van der Waals surface area contributed by atoms with Crippen LogP contribution in [-0.4, -0.2) is 28.6 Å². The highest BCUT2D eigenvalue weighted by atomic mass is 28.4. The second kappa shape index (κ2) is 7.80. The lowest BCUT2D eigenvalue weighted by atomic mass is 10.2. The number of carbonyl (C=O) groups is 2. The lowest BCUT2D eigenvalue weighted by Gasteiger charge is -2.21. The van der Waals surface area contributed by atoms with Crippen LogP contribution in [0.25, 0.3) is 6.08 Å². The monoisotopic (exact) mass is 366 g/mol. The van der Waals surface area contributed by atoms with Crippen LogP contribution in [0.3, 0.4) is 0 Å². The molecule has 0 amide bonds. The summed E-state index contributed by atoms with van der Waals surface area (Å²) in [5.41, 5.74) is 0.724. The maximum Gasteiger partial charge on any atom is 0.317 e. The Morgan fingerprint density at radius 1 is 0.958 bits per heavy atom. The summed E-state index contributed by atoms with van der Waals surface area (Å²) in [6.45, 7) is 13.3. The average Bonchev–Trinajstić information content (AvgIpc) is 2.34. The Morgan fingerprint density at radius 2 is 1.58 bits per heavy atom. The van der Waals surface area contributed by atoms with Crippen molar-refractivity contribution in [2.45, 2.75) is 46.2 Å². The molecule has 0 radical (unpaired) electrons. The van der Waals surface area contributed by atoms with Gasteiger partial charge in [0.05, 0.1) is 0 Å². The molecule has 1 rings (SSSR count). The molecule has 5 nitrogen and oxygen atoms in total. The van der Waals surface area contributed by atoms with E-state index < -0.39 is 22.6 Å². The lowest BCUT2D eigenvalue weighted by molar-refractivity contribution is -0.132. The first-order chi connectivity index (χ1) is 10.9. The van der Waals surface area contributed by atoms with Crippen LogP contribution in [0.1, 0.15) is 12.5 Å². The van der Waals surface area contributed by atoms with Crippen LogP contribution >= 0.6 is 0 Å². The third-order valence-corrected chi connectivity index (χ3v) is 4.10. The van der Waals surface area contributed by atoms with Gasteiger partial charge in [0, 0.05) is 13.0 Å². The molecule has 0 saturated heterocycles. The smallest absolute Gasteiger partial charge is 0.317 e. The maximum absolute atomic E-state index is 11.8. The Labute approximate surface area is 145 Å². The zero-order valence-electron chi connectivity index (χ0n) is 15.4. The van der Waals surface area contributed by atoms with Gasteiger partial charge in [0.15, 0.2) is 5.75 Å². The highest BCUT2D eigenvalue weighted by molar-refractivity contribution is 6.71. The summed E-state index contributed by atoms with van der Waals surface area (Å²) in [7, 11) is -3.75. The van der Waals surface area contributed by atoms with Gasteiger partial charge in [0.1, 0.15) is 5.75 Å². The van der Waals surface area contributed by atoms with Crippen LogP contribution in [0, 0.1) is 0 Å². The summed E-state index contributed by atoms with van der Waals surface area (Å²) < 4.78 is 16.5. The van der Waals surface area contributed by atoms with Gasteiger partial charge >= 0.3 is 11.9 Å². The molecule has 0 N–H and O–H groups in total. The van der Waals surface area contributed by atoms with Gasteiger partial charge in [-0.1, -0.05) is 6.07 Å². The van der Waals surface area contributed by atoms with Crippen molar-refractivity contribution in [1.29, 1.82) is 0 Å². The van der Waals surface area contributed by atoms with Crippen molar-refractivity contribution in [1.82, 2.24) is 0 Å². The van der Waals surface area contributed by atoms with Gasteiger partial charge in [-0.2, -0.15) is 0 Å². The van der Waals surface area contributed by atoms with E-state index >= 15 is 0 Å².